The van der Waals surface area contributed by atoms with E-state index in [2.05, 4.69) is 25.3 Å². The van der Waals surface area contributed by atoms with Gasteiger partial charge >= 0.3 is 0 Å². The Balaban J connectivity index is 1.45. The van der Waals surface area contributed by atoms with Crippen LogP contribution in [0.3, 0.4) is 0 Å². The van der Waals surface area contributed by atoms with Crippen LogP contribution in [0.4, 0.5) is 5.82 Å². The molecular formula is C23H22Cl2N6O2. The number of benzene rings is 2. The molecule has 2 N–H and O–H groups in total. The van der Waals surface area contributed by atoms with Gasteiger partial charge in [0, 0.05) is 24.1 Å². The fraction of sp³-hybridized carbons (Fsp3) is 0.304. The zero-order chi connectivity index (χ0) is 23.1. The quantitative estimate of drug-likeness (QED) is 0.404. The van der Waals surface area contributed by atoms with Crippen LogP contribution >= 0.6 is 23.2 Å². The normalized spacial score (nSPS) is 17.1. The molecular weight excluding hydrogens is 463 g/mol. The van der Waals surface area contributed by atoms with Crippen LogP contribution in [0.25, 0.3) is 21.9 Å². The van der Waals surface area contributed by atoms with E-state index in [1.165, 1.54) is 6.33 Å². The molecule has 2 unspecified atom stereocenters. The van der Waals surface area contributed by atoms with Gasteiger partial charge in [0.1, 0.15) is 24.2 Å². The molecule has 2 aromatic carbocycles. The Morgan fingerprint density at radius 2 is 2.09 bits per heavy atom. The minimum Gasteiger partial charge on any atom is -0.362 e. The van der Waals surface area contributed by atoms with Crippen LogP contribution in [-0.4, -0.2) is 50.6 Å². The van der Waals surface area contributed by atoms with Crippen LogP contribution in [0.5, 0.6) is 0 Å². The van der Waals surface area contributed by atoms with Crippen molar-refractivity contribution in [3.63, 3.8) is 0 Å². The van der Waals surface area contributed by atoms with Gasteiger partial charge in [-0.1, -0.05) is 23.2 Å². The van der Waals surface area contributed by atoms with E-state index in [4.69, 9.17) is 27.9 Å². The first-order valence-corrected chi connectivity index (χ1v) is 11.4. The third kappa shape index (κ3) is 4.10. The van der Waals surface area contributed by atoms with Crippen molar-refractivity contribution in [2.24, 2.45) is 0 Å². The Bertz CT molecular complexity index is 1360. The lowest BCUT2D eigenvalue weighted by atomic mass is 10.1. The van der Waals surface area contributed by atoms with Gasteiger partial charge in [-0.2, -0.15) is 0 Å². The average Bonchev–Trinajstić information content (AvgIpc) is 3.45. The molecule has 1 aliphatic rings. The van der Waals surface area contributed by atoms with Crippen molar-refractivity contribution in [3.05, 3.63) is 58.1 Å². The molecule has 10 heteroatoms. The first-order chi connectivity index (χ1) is 15.9. The van der Waals surface area contributed by atoms with Gasteiger partial charge in [0.25, 0.3) is 5.91 Å². The summed E-state index contributed by atoms with van der Waals surface area (Å²) in [6.45, 7) is 2.62. The Hall–Kier alpha value is -2.94. The number of H-pyrrole nitrogens is 1. The van der Waals surface area contributed by atoms with Crippen molar-refractivity contribution in [1.29, 1.82) is 0 Å². The number of likely N-dealkylation sites (tertiary alicyclic amines) is 1. The van der Waals surface area contributed by atoms with Gasteiger partial charge in [0.15, 0.2) is 0 Å². The molecule has 0 spiro atoms. The molecule has 3 heterocycles. The summed E-state index contributed by atoms with van der Waals surface area (Å²) in [6.07, 6.45) is 2.95. The highest BCUT2D eigenvalue weighted by molar-refractivity contribution is 6.35. The molecule has 1 amide bonds. The van der Waals surface area contributed by atoms with E-state index in [1.807, 2.05) is 25.1 Å². The Morgan fingerprint density at radius 1 is 1.24 bits per heavy atom. The van der Waals surface area contributed by atoms with E-state index in [9.17, 15) is 4.79 Å². The second kappa shape index (κ2) is 8.78. The number of nitrogens with zero attached hydrogens (tertiary/aromatic N) is 4. The topological polar surface area (TPSA) is 96.0 Å². The first-order valence-electron chi connectivity index (χ1n) is 10.6. The smallest absolute Gasteiger partial charge is 0.257 e. The van der Waals surface area contributed by atoms with Crippen LogP contribution in [0.1, 0.15) is 42.0 Å². The second-order valence-electron chi connectivity index (χ2n) is 8.05. The average molecular weight is 485 g/mol. The number of carbonyl (C=O) groups excluding carboxylic acids is 1. The number of aromatic nitrogens is 4. The highest BCUT2D eigenvalue weighted by Gasteiger charge is 2.30. The van der Waals surface area contributed by atoms with Crippen molar-refractivity contribution >= 4 is 56.9 Å². The van der Waals surface area contributed by atoms with Gasteiger partial charge in [-0.25, -0.2) is 15.0 Å². The van der Waals surface area contributed by atoms with Crippen LogP contribution < -0.4 is 5.32 Å². The second-order valence-corrected chi connectivity index (χ2v) is 8.90. The Morgan fingerprint density at radius 3 is 2.91 bits per heavy atom. The van der Waals surface area contributed by atoms with Gasteiger partial charge in [-0.3, -0.25) is 4.79 Å². The molecule has 33 heavy (non-hydrogen) atoms. The summed E-state index contributed by atoms with van der Waals surface area (Å²) in [6, 6.07) is 8.80. The highest BCUT2D eigenvalue weighted by Crippen LogP contribution is 2.31. The number of imidazole rings is 1. The number of hydrogen-bond donors (Lipinski definition) is 2. The molecule has 0 bridgehead atoms. The molecule has 5 rings (SSSR count). The molecule has 1 fully saturated rings. The maximum atomic E-state index is 13.1. The lowest BCUT2D eigenvalue weighted by molar-refractivity contribution is 0.00168. The molecule has 170 valence electrons. The number of ether oxygens (including phenoxy) is 1. The van der Waals surface area contributed by atoms with Crippen LogP contribution in [0, 0.1) is 0 Å². The molecule has 2 aromatic heterocycles. The number of aromatic amines is 1. The Kier molecular flexibility index (Phi) is 5.82. The predicted molar refractivity (Wildman–Crippen MR) is 129 cm³/mol. The van der Waals surface area contributed by atoms with E-state index < -0.39 is 0 Å². The van der Waals surface area contributed by atoms with Gasteiger partial charge in [-0.05, 0) is 50.1 Å². The fourth-order valence-electron chi connectivity index (χ4n) is 4.20. The lowest BCUT2D eigenvalue weighted by Gasteiger charge is -2.24. The van der Waals surface area contributed by atoms with E-state index in [-0.39, 0.29) is 18.2 Å². The van der Waals surface area contributed by atoms with Gasteiger partial charge in [-0.15, -0.1) is 0 Å². The third-order valence-corrected chi connectivity index (χ3v) is 6.46. The van der Waals surface area contributed by atoms with E-state index >= 15 is 0 Å². The van der Waals surface area contributed by atoms with Crippen molar-refractivity contribution in [1.82, 2.24) is 24.8 Å². The lowest BCUT2D eigenvalue weighted by Crippen LogP contribution is -2.36. The number of rotatable bonds is 5. The number of anilines is 1. The third-order valence-electron chi connectivity index (χ3n) is 5.91. The standard InChI is InChI=1S/C23H22Cl2N6O2/c1-12(21-29-17-6-5-13(24)8-19(17)30-21)28-22-15-9-16(25)14(10-18(15)26-11-27-22)23(32)31-7-3-4-20(31)33-2/h5-6,8-12,20H,3-4,7H2,1-2H3,(H,29,30)(H,26,27,28). The molecule has 0 saturated carbocycles. The summed E-state index contributed by atoms with van der Waals surface area (Å²) in [5.41, 5.74) is 2.72. The summed E-state index contributed by atoms with van der Waals surface area (Å²) < 4.78 is 5.44. The SMILES string of the molecule is COC1CCCN1C(=O)c1cc2ncnc(NC(C)c3nc4cc(Cl)ccc4[nH]3)c2cc1Cl. The molecule has 0 aliphatic carbocycles. The van der Waals surface area contributed by atoms with Gasteiger partial charge in [0.2, 0.25) is 0 Å². The van der Waals surface area contributed by atoms with E-state index in [1.54, 1.807) is 24.1 Å². The largest absolute Gasteiger partial charge is 0.362 e. The number of methoxy groups -OCH3 is 1. The minimum atomic E-state index is -0.230. The summed E-state index contributed by atoms with van der Waals surface area (Å²) >= 11 is 12.6. The maximum absolute atomic E-state index is 13.1. The molecule has 1 saturated heterocycles. The summed E-state index contributed by atoms with van der Waals surface area (Å²) in [5.74, 6) is 1.19. The summed E-state index contributed by atoms with van der Waals surface area (Å²) in [5, 5.41) is 5.07. The van der Waals surface area contributed by atoms with Crippen molar-refractivity contribution in [3.8, 4) is 0 Å². The van der Waals surface area contributed by atoms with Crippen LogP contribution in [0.2, 0.25) is 10.0 Å². The monoisotopic (exact) mass is 484 g/mol. The number of amides is 1. The highest BCUT2D eigenvalue weighted by atomic mass is 35.5. The van der Waals surface area contributed by atoms with E-state index in [0.717, 1.165) is 35.1 Å². The number of hydrogen-bond acceptors (Lipinski definition) is 6. The Labute approximate surface area is 200 Å². The number of nitrogens with one attached hydrogen (secondary N) is 2. The molecule has 0 radical (unpaired) electrons. The van der Waals surface area contributed by atoms with Crippen molar-refractivity contribution < 1.29 is 9.53 Å². The maximum Gasteiger partial charge on any atom is 0.257 e. The summed E-state index contributed by atoms with van der Waals surface area (Å²) in [4.78, 5) is 31.5. The number of fused-ring (bicyclic) bond motifs is 2. The predicted octanol–water partition coefficient (Wildman–Crippen LogP) is 5.19. The number of carbonyl (C=O) groups is 1. The molecule has 2 atom stereocenters. The van der Waals surface area contributed by atoms with Gasteiger partial charge in [0.05, 0.1) is 33.2 Å². The fourth-order valence-corrected chi connectivity index (χ4v) is 4.61. The van der Waals surface area contributed by atoms with Gasteiger partial charge < -0.3 is 19.9 Å². The van der Waals surface area contributed by atoms with Crippen LogP contribution in [0.15, 0.2) is 36.7 Å². The molecule has 4 aromatic rings. The summed E-state index contributed by atoms with van der Waals surface area (Å²) in [7, 11) is 1.61. The zero-order valence-electron chi connectivity index (χ0n) is 18.1. The molecule has 1 aliphatic heterocycles. The minimum absolute atomic E-state index is 0.159. The van der Waals surface area contributed by atoms with E-state index in [0.29, 0.717) is 33.5 Å². The van der Waals surface area contributed by atoms with Crippen LogP contribution in [-0.2, 0) is 4.74 Å². The first kappa shape index (κ1) is 21.9. The molecule has 8 nitrogen and oxygen atoms in total. The van der Waals surface area contributed by atoms with Crippen molar-refractivity contribution in [2.75, 3.05) is 19.0 Å². The zero-order valence-corrected chi connectivity index (χ0v) is 19.6. The number of halogens is 2. The van der Waals surface area contributed by atoms with Crippen molar-refractivity contribution in [2.45, 2.75) is 32.0 Å².